The number of amides is 1. The maximum atomic E-state index is 12.2. The predicted octanol–water partition coefficient (Wildman–Crippen LogP) is 3.34. The maximum absolute atomic E-state index is 12.2. The van der Waals surface area contributed by atoms with E-state index in [1.807, 2.05) is 30.9 Å². The van der Waals surface area contributed by atoms with Crippen molar-refractivity contribution in [2.75, 3.05) is 19.6 Å². The number of likely N-dealkylation sites (tertiary alicyclic amines) is 1. The Labute approximate surface area is 169 Å². The van der Waals surface area contributed by atoms with Crippen LogP contribution in [-0.2, 0) is 11.2 Å². The van der Waals surface area contributed by atoms with E-state index in [0.29, 0.717) is 18.6 Å². The fraction of sp³-hybridized carbons (Fsp3) is 0.727. The van der Waals surface area contributed by atoms with Gasteiger partial charge in [-0.05, 0) is 37.8 Å². The van der Waals surface area contributed by atoms with E-state index in [0.717, 1.165) is 44.1 Å². The SMILES string of the molecule is CC(C)C(=O)N1CCC(NC(=NCCc2ccco2)NC2CCCCC2)CC1. The zero-order valence-corrected chi connectivity index (χ0v) is 17.5. The van der Waals surface area contributed by atoms with Crippen LogP contribution >= 0.6 is 0 Å². The molecule has 1 aliphatic heterocycles. The Balaban J connectivity index is 1.53. The lowest BCUT2D eigenvalue weighted by molar-refractivity contribution is -0.135. The molecule has 6 nitrogen and oxygen atoms in total. The molecule has 1 aromatic heterocycles. The van der Waals surface area contributed by atoms with Gasteiger partial charge in [-0.1, -0.05) is 33.1 Å². The third kappa shape index (κ3) is 6.28. The summed E-state index contributed by atoms with van der Waals surface area (Å²) in [5.74, 6) is 2.25. The number of nitrogens with zero attached hydrogens (tertiary/aromatic N) is 2. The molecule has 1 saturated carbocycles. The molecule has 156 valence electrons. The third-order valence-corrected chi connectivity index (χ3v) is 5.80. The minimum atomic E-state index is 0.0798. The average Bonchev–Trinajstić information content (AvgIpc) is 3.22. The van der Waals surface area contributed by atoms with Crippen LogP contribution in [0.3, 0.4) is 0 Å². The van der Waals surface area contributed by atoms with Gasteiger partial charge in [0.2, 0.25) is 5.91 Å². The molecule has 2 fully saturated rings. The van der Waals surface area contributed by atoms with Crippen LogP contribution in [0.2, 0.25) is 0 Å². The second kappa shape index (κ2) is 10.5. The van der Waals surface area contributed by atoms with Crippen LogP contribution in [0.25, 0.3) is 0 Å². The molecule has 1 amide bonds. The largest absolute Gasteiger partial charge is 0.469 e. The van der Waals surface area contributed by atoms with E-state index in [9.17, 15) is 4.79 Å². The highest BCUT2D eigenvalue weighted by molar-refractivity contribution is 5.81. The van der Waals surface area contributed by atoms with Crippen molar-refractivity contribution in [2.45, 2.75) is 77.3 Å². The molecule has 0 unspecified atom stereocenters. The Kier molecular flexibility index (Phi) is 7.80. The zero-order chi connectivity index (χ0) is 19.8. The van der Waals surface area contributed by atoms with Gasteiger partial charge in [0, 0.05) is 44.1 Å². The molecule has 1 aromatic rings. The highest BCUT2D eigenvalue weighted by Crippen LogP contribution is 2.18. The van der Waals surface area contributed by atoms with Gasteiger partial charge in [-0.2, -0.15) is 0 Å². The number of aliphatic imine (C=N–C) groups is 1. The molecular formula is C22H36N4O2. The molecule has 2 aliphatic rings. The second-order valence-corrected chi connectivity index (χ2v) is 8.44. The number of nitrogens with one attached hydrogen (secondary N) is 2. The van der Waals surface area contributed by atoms with Gasteiger partial charge in [-0.25, -0.2) is 0 Å². The summed E-state index contributed by atoms with van der Waals surface area (Å²) < 4.78 is 5.42. The van der Waals surface area contributed by atoms with E-state index in [-0.39, 0.29) is 11.8 Å². The van der Waals surface area contributed by atoms with Gasteiger partial charge >= 0.3 is 0 Å². The van der Waals surface area contributed by atoms with Crippen LogP contribution in [0.15, 0.2) is 27.8 Å². The average molecular weight is 389 g/mol. The highest BCUT2D eigenvalue weighted by atomic mass is 16.3. The van der Waals surface area contributed by atoms with Gasteiger partial charge in [0.1, 0.15) is 5.76 Å². The topological polar surface area (TPSA) is 69.9 Å². The number of hydrogen-bond acceptors (Lipinski definition) is 3. The molecule has 6 heteroatoms. The Bertz CT molecular complexity index is 612. The number of piperidine rings is 1. The molecule has 3 rings (SSSR count). The standard InChI is InChI=1S/C22H36N4O2/c1-17(2)21(27)26-14-11-19(12-15-26)25-22(24-18-7-4-3-5-8-18)23-13-10-20-9-6-16-28-20/h6,9,16-19H,3-5,7-8,10-15H2,1-2H3,(H2,23,24,25). The predicted molar refractivity (Wildman–Crippen MR) is 112 cm³/mol. The van der Waals surface area contributed by atoms with E-state index in [4.69, 9.17) is 9.41 Å². The monoisotopic (exact) mass is 388 g/mol. The lowest BCUT2D eigenvalue weighted by Crippen LogP contribution is -2.52. The van der Waals surface area contributed by atoms with E-state index < -0.39 is 0 Å². The van der Waals surface area contributed by atoms with E-state index >= 15 is 0 Å². The first-order valence-corrected chi connectivity index (χ1v) is 11.0. The van der Waals surface area contributed by atoms with Crippen molar-refractivity contribution in [1.29, 1.82) is 0 Å². The second-order valence-electron chi connectivity index (χ2n) is 8.44. The van der Waals surface area contributed by atoms with Gasteiger partial charge in [0.05, 0.1) is 6.26 Å². The van der Waals surface area contributed by atoms with Gasteiger partial charge in [0.15, 0.2) is 5.96 Å². The smallest absolute Gasteiger partial charge is 0.225 e. The molecule has 1 saturated heterocycles. The van der Waals surface area contributed by atoms with Gasteiger partial charge < -0.3 is 20.0 Å². The summed E-state index contributed by atoms with van der Waals surface area (Å²) in [5.41, 5.74) is 0. The minimum Gasteiger partial charge on any atom is -0.469 e. The Morgan fingerprint density at radius 1 is 1.14 bits per heavy atom. The van der Waals surface area contributed by atoms with Crippen LogP contribution in [0.4, 0.5) is 0 Å². The normalized spacial score (nSPS) is 19.8. The summed E-state index contributed by atoms with van der Waals surface area (Å²) in [4.78, 5) is 19.0. The number of furan rings is 1. The number of carbonyl (C=O) groups excluding carboxylic acids is 1. The lowest BCUT2D eigenvalue weighted by atomic mass is 9.95. The van der Waals surface area contributed by atoms with Crippen LogP contribution < -0.4 is 10.6 Å². The molecule has 1 aliphatic carbocycles. The van der Waals surface area contributed by atoms with Gasteiger partial charge in [-0.3, -0.25) is 9.79 Å². The van der Waals surface area contributed by atoms with Crippen molar-refractivity contribution in [3.05, 3.63) is 24.2 Å². The molecule has 0 bridgehead atoms. The molecule has 0 spiro atoms. The van der Waals surface area contributed by atoms with Crippen molar-refractivity contribution in [2.24, 2.45) is 10.9 Å². The van der Waals surface area contributed by atoms with Crippen LogP contribution in [0.1, 0.15) is 64.6 Å². The van der Waals surface area contributed by atoms with Crippen molar-refractivity contribution < 1.29 is 9.21 Å². The first-order valence-electron chi connectivity index (χ1n) is 11.0. The fourth-order valence-corrected chi connectivity index (χ4v) is 4.11. The lowest BCUT2D eigenvalue weighted by Gasteiger charge is -2.35. The minimum absolute atomic E-state index is 0.0798. The quantitative estimate of drug-likeness (QED) is 0.579. The molecule has 0 atom stereocenters. The summed E-state index contributed by atoms with van der Waals surface area (Å²) in [5, 5.41) is 7.31. The number of carbonyl (C=O) groups is 1. The van der Waals surface area contributed by atoms with E-state index in [2.05, 4.69) is 10.6 Å². The number of rotatable bonds is 6. The summed E-state index contributed by atoms with van der Waals surface area (Å²) in [7, 11) is 0. The van der Waals surface area contributed by atoms with E-state index in [1.165, 1.54) is 32.1 Å². The zero-order valence-electron chi connectivity index (χ0n) is 17.5. The number of hydrogen-bond donors (Lipinski definition) is 2. The molecular weight excluding hydrogens is 352 g/mol. The van der Waals surface area contributed by atoms with Crippen LogP contribution in [0.5, 0.6) is 0 Å². The van der Waals surface area contributed by atoms with Crippen molar-refractivity contribution in [3.63, 3.8) is 0 Å². The first-order chi connectivity index (χ1) is 13.6. The third-order valence-electron chi connectivity index (χ3n) is 5.80. The Morgan fingerprint density at radius 2 is 1.82 bits per heavy atom. The number of guanidine groups is 1. The van der Waals surface area contributed by atoms with Crippen molar-refractivity contribution in [3.8, 4) is 0 Å². The fourth-order valence-electron chi connectivity index (χ4n) is 4.11. The summed E-state index contributed by atoms with van der Waals surface area (Å²) >= 11 is 0. The van der Waals surface area contributed by atoms with Crippen molar-refractivity contribution in [1.82, 2.24) is 15.5 Å². The molecule has 2 heterocycles. The van der Waals surface area contributed by atoms with Gasteiger partial charge in [0.25, 0.3) is 0 Å². The summed E-state index contributed by atoms with van der Waals surface area (Å²) in [6.45, 7) is 6.32. The van der Waals surface area contributed by atoms with Gasteiger partial charge in [-0.15, -0.1) is 0 Å². The van der Waals surface area contributed by atoms with Crippen molar-refractivity contribution >= 4 is 11.9 Å². The maximum Gasteiger partial charge on any atom is 0.225 e. The molecule has 2 N–H and O–H groups in total. The van der Waals surface area contributed by atoms with Crippen LogP contribution in [0, 0.1) is 5.92 Å². The summed E-state index contributed by atoms with van der Waals surface area (Å²) in [6.07, 6.45) is 10.9. The van der Waals surface area contributed by atoms with Crippen LogP contribution in [-0.4, -0.2) is 48.5 Å². The first kappa shape index (κ1) is 20.7. The molecule has 0 radical (unpaired) electrons. The Morgan fingerprint density at radius 3 is 2.43 bits per heavy atom. The highest BCUT2D eigenvalue weighted by Gasteiger charge is 2.25. The Hall–Kier alpha value is -1.98. The summed E-state index contributed by atoms with van der Waals surface area (Å²) in [6, 6.07) is 4.81. The van der Waals surface area contributed by atoms with E-state index in [1.54, 1.807) is 6.26 Å². The molecule has 28 heavy (non-hydrogen) atoms. The molecule has 0 aromatic carbocycles.